The van der Waals surface area contributed by atoms with E-state index in [1.165, 1.54) is 16.7 Å². The highest BCUT2D eigenvalue weighted by Crippen LogP contribution is 2.42. The average Bonchev–Trinajstić information content (AvgIpc) is 2.50. The monoisotopic (exact) mass is 283 g/mol. The first kappa shape index (κ1) is 14.0. The van der Waals surface area contributed by atoms with Crippen molar-refractivity contribution in [3.05, 3.63) is 47.5 Å². The number of nitrogens with two attached hydrogens (primary N) is 1. The van der Waals surface area contributed by atoms with Crippen LogP contribution in [0.2, 0.25) is 0 Å². The lowest BCUT2D eigenvalue weighted by Gasteiger charge is -2.28. The van der Waals surface area contributed by atoms with Gasteiger partial charge in [0.25, 0.3) is 0 Å². The van der Waals surface area contributed by atoms with Gasteiger partial charge in [0.1, 0.15) is 12.7 Å². The molecule has 0 amide bonds. The van der Waals surface area contributed by atoms with Crippen molar-refractivity contribution in [3.63, 3.8) is 0 Å². The van der Waals surface area contributed by atoms with E-state index in [9.17, 15) is 0 Å². The van der Waals surface area contributed by atoms with E-state index in [0.717, 1.165) is 23.5 Å². The fourth-order valence-corrected chi connectivity index (χ4v) is 2.72. The van der Waals surface area contributed by atoms with Crippen LogP contribution in [0.15, 0.2) is 36.4 Å². The molecule has 0 aliphatic carbocycles. The van der Waals surface area contributed by atoms with Crippen molar-refractivity contribution in [1.29, 1.82) is 0 Å². The topological polar surface area (TPSA) is 44.5 Å². The third-order valence-electron chi connectivity index (χ3n) is 4.07. The van der Waals surface area contributed by atoms with Crippen LogP contribution in [-0.4, -0.2) is 19.3 Å². The predicted molar refractivity (Wildman–Crippen MR) is 84.9 cm³/mol. The summed E-state index contributed by atoms with van der Waals surface area (Å²) in [4.78, 5) is 0. The molecule has 2 aromatic rings. The molecule has 3 nitrogen and oxygen atoms in total. The van der Waals surface area contributed by atoms with E-state index >= 15 is 0 Å². The van der Waals surface area contributed by atoms with E-state index in [1.54, 1.807) is 0 Å². The first-order chi connectivity index (χ1) is 10.2. The highest BCUT2D eigenvalue weighted by atomic mass is 16.6. The standard InChI is InChI=1S/C18H21NO2/c1-12-5-3-6-15(13(12)2)16-7-4-8-17-18(16)21-14(9-10-19)11-20-17/h3-8,14H,9-11,19H2,1-2H3. The number of hydrogen-bond donors (Lipinski definition) is 1. The Morgan fingerprint density at radius 2 is 1.86 bits per heavy atom. The maximum Gasteiger partial charge on any atom is 0.169 e. The van der Waals surface area contributed by atoms with Crippen LogP contribution in [0.3, 0.4) is 0 Å². The van der Waals surface area contributed by atoms with Gasteiger partial charge in [0.15, 0.2) is 11.5 Å². The van der Waals surface area contributed by atoms with Gasteiger partial charge in [-0.25, -0.2) is 0 Å². The second kappa shape index (κ2) is 5.78. The molecular weight excluding hydrogens is 262 g/mol. The average molecular weight is 283 g/mol. The van der Waals surface area contributed by atoms with Crippen LogP contribution in [0.25, 0.3) is 11.1 Å². The summed E-state index contributed by atoms with van der Waals surface area (Å²) in [6.45, 7) is 5.45. The quantitative estimate of drug-likeness (QED) is 0.938. The van der Waals surface area contributed by atoms with Crippen LogP contribution < -0.4 is 15.2 Å². The van der Waals surface area contributed by atoms with Crippen LogP contribution in [0.4, 0.5) is 0 Å². The van der Waals surface area contributed by atoms with E-state index in [-0.39, 0.29) is 6.10 Å². The summed E-state index contributed by atoms with van der Waals surface area (Å²) < 4.78 is 12.0. The Kier molecular flexibility index (Phi) is 3.84. The van der Waals surface area contributed by atoms with Gasteiger partial charge in [-0.2, -0.15) is 0 Å². The Bertz CT molecular complexity index is 652. The fourth-order valence-electron chi connectivity index (χ4n) is 2.72. The molecule has 2 aromatic carbocycles. The van der Waals surface area contributed by atoms with Gasteiger partial charge in [-0.1, -0.05) is 30.3 Å². The molecule has 3 heteroatoms. The minimum absolute atomic E-state index is 0.0359. The highest BCUT2D eigenvalue weighted by molar-refractivity contribution is 5.77. The van der Waals surface area contributed by atoms with E-state index in [4.69, 9.17) is 15.2 Å². The summed E-state index contributed by atoms with van der Waals surface area (Å²) in [5, 5.41) is 0. The number of aryl methyl sites for hydroxylation is 1. The summed E-state index contributed by atoms with van der Waals surface area (Å²) in [5.41, 5.74) is 10.5. The maximum absolute atomic E-state index is 6.15. The Morgan fingerprint density at radius 1 is 1.10 bits per heavy atom. The molecule has 0 radical (unpaired) electrons. The van der Waals surface area contributed by atoms with E-state index in [1.807, 2.05) is 12.1 Å². The van der Waals surface area contributed by atoms with Gasteiger partial charge in [0.2, 0.25) is 0 Å². The molecule has 0 bridgehead atoms. The highest BCUT2D eigenvalue weighted by Gasteiger charge is 2.24. The van der Waals surface area contributed by atoms with Crippen molar-refractivity contribution in [2.45, 2.75) is 26.4 Å². The minimum atomic E-state index is 0.0359. The van der Waals surface area contributed by atoms with Crippen molar-refractivity contribution in [2.75, 3.05) is 13.2 Å². The molecular formula is C18H21NO2. The molecule has 2 N–H and O–H groups in total. The van der Waals surface area contributed by atoms with Crippen molar-refractivity contribution in [3.8, 4) is 22.6 Å². The Morgan fingerprint density at radius 3 is 2.67 bits per heavy atom. The summed E-state index contributed by atoms with van der Waals surface area (Å²) in [6, 6.07) is 12.4. The van der Waals surface area contributed by atoms with Gasteiger partial charge in [0.05, 0.1) is 0 Å². The second-order valence-corrected chi connectivity index (χ2v) is 5.51. The Labute approximate surface area is 125 Å². The Balaban J connectivity index is 2.06. The SMILES string of the molecule is Cc1cccc(-c2cccc3c2OC(CCN)CO3)c1C. The zero-order valence-electron chi connectivity index (χ0n) is 12.6. The van der Waals surface area contributed by atoms with E-state index in [0.29, 0.717) is 13.2 Å². The van der Waals surface area contributed by atoms with Crippen LogP contribution in [0.1, 0.15) is 17.5 Å². The third kappa shape index (κ3) is 2.61. The summed E-state index contributed by atoms with van der Waals surface area (Å²) >= 11 is 0. The minimum Gasteiger partial charge on any atom is -0.486 e. The van der Waals surface area contributed by atoms with Crippen LogP contribution in [-0.2, 0) is 0 Å². The molecule has 1 heterocycles. The Hall–Kier alpha value is -2.00. The molecule has 0 fully saturated rings. The molecule has 0 aromatic heterocycles. The van der Waals surface area contributed by atoms with Gasteiger partial charge in [-0.15, -0.1) is 0 Å². The van der Waals surface area contributed by atoms with Crippen LogP contribution >= 0.6 is 0 Å². The fraction of sp³-hybridized carbons (Fsp3) is 0.333. The van der Waals surface area contributed by atoms with Gasteiger partial charge in [-0.3, -0.25) is 0 Å². The number of benzene rings is 2. The van der Waals surface area contributed by atoms with Crippen molar-refractivity contribution in [1.82, 2.24) is 0 Å². The number of ether oxygens (including phenoxy) is 2. The molecule has 0 spiro atoms. The number of hydrogen-bond acceptors (Lipinski definition) is 3. The van der Waals surface area contributed by atoms with E-state index in [2.05, 4.69) is 38.1 Å². The molecule has 1 atom stereocenters. The van der Waals surface area contributed by atoms with Crippen molar-refractivity contribution < 1.29 is 9.47 Å². The van der Waals surface area contributed by atoms with Gasteiger partial charge >= 0.3 is 0 Å². The lowest BCUT2D eigenvalue weighted by Crippen LogP contribution is -2.31. The van der Waals surface area contributed by atoms with Gasteiger partial charge in [0, 0.05) is 5.56 Å². The van der Waals surface area contributed by atoms with Gasteiger partial charge < -0.3 is 15.2 Å². The number of para-hydroxylation sites is 1. The lowest BCUT2D eigenvalue weighted by molar-refractivity contribution is 0.0873. The molecule has 1 aliphatic heterocycles. The van der Waals surface area contributed by atoms with Gasteiger partial charge in [-0.05, 0) is 49.6 Å². The molecule has 1 unspecified atom stereocenters. The molecule has 0 saturated heterocycles. The second-order valence-electron chi connectivity index (χ2n) is 5.51. The molecule has 0 saturated carbocycles. The summed E-state index contributed by atoms with van der Waals surface area (Å²) in [6.07, 6.45) is 0.842. The largest absolute Gasteiger partial charge is 0.486 e. The molecule has 1 aliphatic rings. The van der Waals surface area contributed by atoms with E-state index < -0.39 is 0 Å². The lowest BCUT2D eigenvalue weighted by atomic mass is 9.96. The smallest absolute Gasteiger partial charge is 0.169 e. The van der Waals surface area contributed by atoms with Crippen molar-refractivity contribution >= 4 is 0 Å². The third-order valence-corrected chi connectivity index (χ3v) is 4.07. The number of fused-ring (bicyclic) bond motifs is 1. The number of rotatable bonds is 3. The molecule has 21 heavy (non-hydrogen) atoms. The molecule has 110 valence electrons. The first-order valence-corrected chi connectivity index (χ1v) is 7.40. The zero-order valence-corrected chi connectivity index (χ0v) is 12.6. The summed E-state index contributed by atoms with van der Waals surface area (Å²) in [5.74, 6) is 1.66. The van der Waals surface area contributed by atoms with Crippen LogP contribution in [0, 0.1) is 13.8 Å². The summed E-state index contributed by atoms with van der Waals surface area (Å²) in [7, 11) is 0. The normalized spacial score (nSPS) is 16.8. The predicted octanol–water partition coefficient (Wildman–Crippen LogP) is 3.46. The zero-order chi connectivity index (χ0) is 14.8. The molecule has 3 rings (SSSR count). The maximum atomic E-state index is 6.15. The van der Waals surface area contributed by atoms with Crippen LogP contribution in [0.5, 0.6) is 11.5 Å². The van der Waals surface area contributed by atoms with Crippen molar-refractivity contribution in [2.24, 2.45) is 5.73 Å². The first-order valence-electron chi connectivity index (χ1n) is 7.40.